The molecule has 0 unspecified atom stereocenters. The van der Waals surface area contributed by atoms with E-state index in [1.807, 2.05) is 42.5 Å². The van der Waals surface area contributed by atoms with Gasteiger partial charge in [0, 0.05) is 10.2 Å². The number of rotatable bonds is 9. The number of hydrogen-bond donors (Lipinski definition) is 5. The average molecular weight is 843 g/mol. The van der Waals surface area contributed by atoms with Gasteiger partial charge in [0.2, 0.25) is 0 Å². The van der Waals surface area contributed by atoms with E-state index in [1.54, 1.807) is 60.7 Å². The van der Waals surface area contributed by atoms with Crippen molar-refractivity contribution < 1.29 is 33.0 Å². The number of aromatic hydroxyl groups is 1. The van der Waals surface area contributed by atoms with Gasteiger partial charge in [-0.05, 0) is 98.5 Å². The molecular formula is C43H32BrN5O7S. The van der Waals surface area contributed by atoms with Gasteiger partial charge in [0.15, 0.2) is 0 Å². The average Bonchev–Trinajstić information content (AvgIpc) is 3.21. The number of halogens is 1. The van der Waals surface area contributed by atoms with Gasteiger partial charge in [-0.15, -0.1) is 0 Å². The number of anilines is 5. The van der Waals surface area contributed by atoms with Crippen molar-refractivity contribution in [2.45, 2.75) is 4.90 Å². The normalized spacial score (nSPS) is 11.0. The molecule has 0 aromatic heterocycles. The van der Waals surface area contributed by atoms with Crippen molar-refractivity contribution in [1.82, 2.24) is 0 Å². The predicted molar refractivity (Wildman–Crippen MR) is 225 cm³/mol. The first-order chi connectivity index (χ1) is 27.5. The van der Waals surface area contributed by atoms with Crippen LogP contribution in [0, 0.1) is 0 Å². The van der Waals surface area contributed by atoms with Crippen LogP contribution in [0.5, 0.6) is 5.75 Å². The number of phenolic OH excluding ortho intramolecular Hbond substituents is 1. The highest BCUT2D eigenvalue weighted by Gasteiger charge is 2.35. The van der Waals surface area contributed by atoms with Crippen molar-refractivity contribution in [3.63, 3.8) is 0 Å². The molecule has 4 amide bonds. The summed E-state index contributed by atoms with van der Waals surface area (Å²) in [4.78, 5) is 41.1. The summed E-state index contributed by atoms with van der Waals surface area (Å²) < 4.78 is 30.8. The van der Waals surface area contributed by atoms with Crippen LogP contribution in [0.4, 0.5) is 38.0 Å². The molecule has 12 nitrogen and oxygen atoms in total. The van der Waals surface area contributed by atoms with E-state index in [1.165, 1.54) is 48.5 Å². The maximum atomic E-state index is 14.8. The molecule has 7 aromatic carbocycles. The standard InChI is InChI=1S/C43H32BrN5O7S/c44-34-17-7-8-18-35(34)46-43(54)48(37-20-10-9-19-36(37)47-57(55,56)40-21-11-6-16-33(40)41(51)52)49(38-26-30-14-4-5-15-31(30)27-39(38)50)42(53)45-32-24-22-29(23-25-32)28-12-2-1-3-13-28/h1-27,47,50H,(H,45,53)(H,46,54)(H,51,52). The van der Waals surface area contributed by atoms with E-state index in [4.69, 9.17) is 0 Å². The van der Waals surface area contributed by atoms with Gasteiger partial charge in [-0.3, -0.25) is 4.72 Å². The Morgan fingerprint density at radius 1 is 0.561 bits per heavy atom. The number of hydrazine groups is 1. The number of benzene rings is 7. The van der Waals surface area contributed by atoms with Crippen LogP contribution in [0.3, 0.4) is 0 Å². The fourth-order valence-electron chi connectivity index (χ4n) is 6.11. The number of carbonyl (C=O) groups is 3. The minimum Gasteiger partial charge on any atom is -0.506 e. The Morgan fingerprint density at radius 3 is 1.81 bits per heavy atom. The van der Waals surface area contributed by atoms with Crippen molar-refractivity contribution in [3.05, 3.63) is 174 Å². The van der Waals surface area contributed by atoms with Gasteiger partial charge >= 0.3 is 18.0 Å². The fourth-order valence-corrected chi connectivity index (χ4v) is 7.77. The number of carboxylic acid groups (broad SMARTS) is 1. The second-order valence-electron chi connectivity index (χ2n) is 12.5. The number of carboxylic acids is 1. The second-order valence-corrected chi connectivity index (χ2v) is 15.0. The number of nitrogens with one attached hydrogen (secondary N) is 3. The van der Waals surface area contributed by atoms with Crippen molar-refractivity contribution in [1.29, 1.82) is 0 Å². The van der Waals surface area contributed by atoms with E-state index >= 15 is 0 Å². The Bertz CT molecular complexity index is 2750. The molecule has 0 atom stereocenters. The van der Waals surface area contributed by atoms with E-state index < -0.39 is 38.5 Å². The molecule has 0 radical (unpaired) electrons. The molecule has 0 spiro atoms. The summed E-state index contributed by atoms with van der Waals surface area (Å²) in [5.74, 6) is -1.85. The highest BCUT2D eigenvalue weighted by atomic mass is 79.9. The third kappa shape index (κ3) is 8.27. The third-order valence-electron chi connectivity index (χ3n) is 8.80. The van der Waals surface area contributed by atoms with Crippen LogP contribution in [-0.4, -0.2) is 36.7 Å². The highest BCUT2D eigenvalue weighted by molar-refractivity contribution is 9.10. The lowest BCUT2D eigenvalue weighted by molar-refractivity contribution is 0.0692. The number of para-hydroxylation sites is 3. The zero-order valence-electron chi connectivity index (χ0n) is 29.7. The Balaban J connectivity index is 1.39. The molecular weight excluding hydrogens is 810 g/mol. The minimum absolute atomic E-state index is 0.136. The van der Waals surface area contributed by atoms with Crippen molar-refractivity contribution in [2.75, 3.05) is 25.4 Å². The monoisotopic (exact) mass is 841 g/mol. The van der Waals surface area contributed by atoms with Crippen LogP contribution in [0.1, 0.15) is 10.4 Å². The van der Waals surface area contributed by atoms with Crippen LogP contribution >= 0.6 is 15.9 Å². The highest BCUT2D eigenvalue weighted by Crippen LogP contribution is 2.39. The molecule has 14 heteroatoms. The molecule has 0 heterocycles. The van der Waals surface area contributed by atoms with Gasteiger partial charge in [0.25, 0.3) is 10.0 Å². The van der Waals surface area contributed by atoms with E-state index in [-0.39, 0.29) is 22.8 Å². The van der Waals surface area contributed by atoms with Gasteiger partial charge in [-0.25, -0.2) is 22.8 Å². The molecule has 57 heavy (non-hydrogen) atoms. The number of urea groups is 2. The SMILES string of the molecule is O=C(O)c1ccccc1S(=O)(=O)Nc1ccccc1N(C(=O)Nc1ccccc1Br)N(C(=O)Nc1ccc(-c2ccccc2)cc1)c1cc2ccccc2cc1O. The number of carbonyl (C=O) groups excluding carboxylic acids is 2. The van der Waals surface area contributed by atoms with Crippen molar-refractivity contribution >= 4 is 83.2 Å². The lowest BCUT2D eigenvalue weighted by Crippen LogP contribution is -2.54. The number of sulfonamides is 1. The van der Waals surface area contributed by atoms with E-state index in [2.05, 4.69) is 31.3 Å². The van der Waals surface area contributed by atoms with Crippen LogP contribution in [0.15, 0.2) is 173 Å². The lowest BCUT2D eigenvalue weighted by atomic mass is 10.1. The summed E-state index contributed by atoms with van der Waals surface area (Å²) >= 11 is 3.44. The smallest absolute Gasteiger partial charge is 0.346 e. The molecule has 0 fully saturated rings. The Labute approximate surface area is 335 Å². The van der Waals surface area contributed by atoms with E-state index in [0.717, 1.165) is 33.3 Å². The summed E-state index contributed by atoms with van der Waals surface area (Å²) in [6, 6.07) is 42.4. The Morgan fingerprint density at radius 2 is 1.11 bits per heavy atom. The predicted octanol–water partition coefficient (Wildman–Crippen LogP) is 10.2. The minimum atomic E-state index is -4.62. The first kappa shape index (κ1) is 38.1. The van der Waals surface area contributed by atoms with Gasteiger partial charge < -0.3 is 20.8 Å². The Kier molecular flexibility index (Phi) is 10.9. The van der Waals surface area contributed by atoms with Crippen LogP contribution in [-0.2, 0) is 10.0 Å². The number of hydrogen-bond acceptors (Lipinski definition) is 6. The zero-order chi connectivity index (χ0) is 40.1. The third-order valence-corrected chi connectivity index (χ3v) is 10.9. The van der Waals surface area contributed by atoms with Crippen LogP contribution in [0.25, 0.3) is 21.9 Å². The molecule has 0 saturated carbocycles. The van der Waals surface area contributed by atoms with E-state index in [0.29, 0.717) is 26.6 Å². The fraction of sp³-hybridized carbons (Fsp3) is 0. The number of amides is 4. The van der Waals surface area contributed by atoms with Gasteiger partial charge in [-0.1, -0.05) is 103 Å². The summed E-state index contributed by atoms with van der Waals surface area (Å²) in [6.07, 6.45) is 0. The maximum absolute atomic E-state index is 14.8. The largest absolute Gasteiger partial charge is 0.506 e. The number of fused-ring (bicyclic) bond motifs is 1. The van der Waals surface area contributed by atoms with Crippen molar-refractivity contribution in [2.24, 2.45) is 0 Å². The van der Waals surface area contributed by atoms with Gasteiger partial charge in [0.1, 0.15) is 16.3 Å². The Hall–Kier alpha value is -7.16. The van der Waals surface area contributed by atoms with E-state index in [9.17, 15) is 33.0 Å². The maximum Gasteiger partial charge on any atom is 0.346 e. The topological polar surface area (TPSA) is 168 Å². The summed E-state index contributed by atoms with van der Waals surface area (Å²) in [5.41, 5.74) is 1.51. The lowest BCUT2D eigenvalue weighted by Gasteiger charge is -2.36. The quantitative estimate of drug-likeness (QED) is 0.0902. The number of phenols is 1. The van der Waals surface area contributed by atoms with Crippen LogP contribution in [0.2, 0.25) is 0 Å². The second kappa shape index (κ2) is 16.3. The first-order valence-corrected chi connectivity index (χ1v) is 19.6. The molecule has 5 N–H and O–H groups in total. The molecule has 7 rings (SSSR count). The molecule has 0 aliphatic heterocycles. The number of nitrogens with zero attached hydrogens (tertiary/aromatic N) is 2. The molecule has 0 aliphatic rings. The van der Waals surface area contributed by atoms with Gasteiger partial charge in [0.05, 0.1) is 22.6 Å². The molecule has 0 aliphatic carbocycles. The molecule has 284 valence electrons. The molecule has 0 saturated heterocycles. The zero-order valence-corrected chi connectivity index (χ0v) is 32.1. The summed E-state index contributed by atoms with van der Waals surface area (Å²) in [6.45, 7) is 0. The van der Waals surface area contributed by atoms with Gasteiger partial charge in [-0.2, -0.15) is 10.0 Å². The molecule has 0 bridgehead atoms. The summed E-state index contributed by atoms with van der Waals surface area (Å²) in [7, 11) is -4.62. The molecule has 7 aromatic rings. The summed E-state index contributed by atoms with van der Waals surface area (Å²) in [5, 5.41) is 30.1. The first-order valence-electron chi connectivity index (χ1n) is 17.3. The van der Waals surface area contributed by atoms with Crippen LogP contribution < -0.4 is 25.4 Å². The van der Waals surface area contributed by atoms with Crippen molar-refractivity contribution in [3.8, 4) is 16.9 Å². The number of aromatic carboxylic acids is 1.